The number of aromatic nitrogens is 2. The Morgan fingerprint density at radius 1 is 1.06 bits per heavy atom. The quantitative estimate of drug-likeness (QED) is 0.537. The number of nitrogens with one attached hydrogen (secondary N) is 1. The minimum Gasteiger partial charge on any atom is -0.363 e. The number of nitrogens with two attached hydrogens (primary N) is 1. The third kappa shape index (κ3) is 4.91. The van der Waals surface area contributed by atoms with Gasteiger partial charge in [-0.3, -0.25) is 4.90 Å². The molecule has 2 aromatic heterocycles. The van der Waals surface area contributed by atoms with Crippen molar-refractivity contribution in [2.75, 3.05) is 18.4 Å². The summed E-state index contributed by atoms with van der Waals surface area (Å²) in [5.41, 5.74) is 2.39. The molecule has 1 aromatic carbocycles. The molecule has 0 bridgehead atoms. The van der Waals surface area contributed by atoms with Crippen LogP contribution in [0, 0.1) is 0 Å². The molecule has 0 amide bonds. The van der Waals surface area contributed by atoms with Gasteiger partial charge in [-0.25, -0.2) is 23.5 Å². The number of piperidine rings is 1. The Bertz CT molecular complexity index is 1250. The van der Waals surface area contributed by atoms with Gasteiger partial charge in [0.25, 0.3) is 0 Å². The lowest BCUT2D eigenvalue weighted by molar-refractivity contribution is 0.216. The lowest BCUT2D eigenvalue weighted by Crippen LogP contribution is -2.30. The van der Waals surface area contributed by atoms with Crippen LogP contribution in [-0.2, 0) is 29.4 Å². The van der Waals surface area contributed by atoms with Crippen molar-refractivity contribution in [1.82, 2.24) is 14.9 Å². The molecule has 0 radical (unpaired) electrons. The summed E-state index contributed by atoms with van der Waals surface area (Å²) < 4.78 is 23.2. The van der Waals surface area contributed by atoms with Crippen LogP contribution in [0.3, 0.4) is 0 Å². The van der Waals surface area contributed by atoms with Crippen molar-refractivity contribution in [3.63, 3.8) is 0 Å². The molecule has 1 fully saturated rings. The van der Waals surface area contributed by atoms with Gasteiger partial charge in [0.05, 0.1) is 16.8 Å². The molecule has 9 heteroatoms. The van der Waals surface area contributed by atoms with E-state index in [0.717, 1.165) is 54.5 Å². The fourth-order valence-electron chi connectivity index (χ4n) is 4.93. The first kappa shape index (κ1) is 22.7. The van der Waals surface area contributed by atoms with Crippen LogP contribution >= 0.6 is 11.3 Å². The van der Waals surface area contributed by atoms with E-state index in [0.29, 0.717) is 0 Å². The molecule has 1 aliphatic heterocycles. The van der Waals surface area contributed by atoms with Crippen LogP contribution in [0.2, 0.25) is 0 Å². The summed E-state index contributed by atoms with van der Waals surface area (Å²) in [5, 5.41) is 10.1. The number of hydrogen-bond donors (Lipinski definition) is 2. The number of nitrogens with zero attached hydrogens (tertiary/aromatic N) is 3. The third-order valence-corrected chi connectivity index (χ3v) is 8.85. The van der Waals surface area contributed by atoms with Gasteiger partial charge in [0.15, 0.2) is 0 Å². The predicted octanol–water partition coefficient (Wildman–Crippen LogP) is 4.38. The van der Waals surface area contributed by atoms with Crippen LogP contribution in [0.15, 0.2) is 29.2 Å². The Balaban J connectivity index is 1.48. The van der Waals surface area contributed by atoms with Crippen LogP contribution in [0.4, 0.5) is 5.82 Å². The Morgan fingerprint density at radius 2 is 1.79 bits per heavy atom. The molecule has 1 aliphatic carbocycles. The maximum Gasteiger partial charge on any atom is 0.238 e. The molecule has 176 valence electrons. The standard InChI is InChI=1S/C24H31N5O2S2/c1-16(17-9-11-18(12-10-17)33(25,30)31)26-23-22-19-7-3-4-8-20(19)32-24(22)28-21(27-23)15-29-13-5-2-6-14-29/h9-12,16H,2-8,13-15H2,1H3,(H2,25,30,31)(H,26,27,28)/t16-/m0/s1. The average Bonchev–Trinajstić information content (AvgIpc) is 3.18. The van der Waals surface area contributed by atoms with Crippen molar-refractivity contribution in [2.45, 2.75) is 69.4 Å². The highest BCUT2D eigenvalue weighted by Crippen LogP contribution is 2.39. The molecule has 5 rings (SSSR count). The topological polar surface area (TPSA) is 101 Å². The molecule has 1 saturated heterocycles. The number of anilines is 1. The molecular weight excluding hydrogens is 454 g/mol. The van der Waals surface area contributed by atoms with E-state index >= 15 is 0 Å². The number of likely N-dealkylation sites (tertiary alicyclic amines) is 1. The van der Waals surface area contributed by atoms with Crippen LogP contribution in [0.5, 0.6) is 0 Å². The number of hydrogen-bond acceptors (Lipinski definition) is 7. The smallest absolute Gasteiger partial charge is 0.238 e. The predicted molar refractivity (Wildman–Crippen MR) is 133 cm³/mol. The van der Waals surface area contributed by atoms with Gasteiger partial charge in [-0.15, -0.1) is 11.3 Å². The van der Waals surface area contributed by atoms with E-state index in [4.69, 9.17) is 15.1 Å². The third-order valence-electron chi connectivity index (χ3n) is 6.74. The van der Waals surface area contributed by atoms with E-state index in [2.05, 4.69) is 17.1 Å². The number of fused-ring (bicyclic) bond motifs is 3. The van der Waals surface area contributed by atoms with Crippen molar-refractivity contribution in [3.8, 4) is 0 Å². The Morgan fingerprint density at radius 3 is 2.52 bits per heavy atom. The normalized spacial score (nSPS) is 18.2. The van der Waals surface area contributed by atoms with Crippen molar-refractivity contribution >= 4 is 37.4 Å². The zero-order valence-corrected chi connectivity index (χ0v) is 20.6. The highest BCUT2D eigenvalue weighted by molar-refractivity contribution is 7.89. The number of sulfonamides is 1. The van der Waals surface area contributed by atoms with Gasteiger partial charge >= 0.3 is 0 Å². The Labute approximate surface area is 199 Å². The molecular formula is C24H31N5O2S2. The van der Waals surface area contributed by atoms with E-state index in [1.807, 2.05) is 23.5 Å². The minimum atomic E-state index is -3.70. The van der Waals surface area contributed by atoms with Gasteiger partial charge in [-0.05, 0) is 81.8 Å². The van der Waals surface area contributed by atoms with Gasteiger partial charge in [-0.2, -0.15) is 0 Å². The fraction of sp³-hybridized carbons (Fsp3) is 0.500. The van der Waals surface area contributed by atoms with Crippen molar-refractivity contribution < 1.29 is 8.42 Å². The van der Waals surface area contributed by atoms with E-state index < -0.39 is 10.0 Å². The number of aryl methyl sites for hydroxylation is 2. The SMILES string of the molecule is C[C@H](Nc1nc(CN2CCCCC2)nc2sc3c(c12)CCCC3)c1ccc(S(N)(=O)=O)cc1. The zero-order chi connectivity index (χ0) is 23.0. The largest absolute Gasteiger partial charge is 0.363 e. The van der Waals surface area contributed by atoms with Crippen LogP contribution in [0.25, 0.3) is 10.2 Å². The highest BCUT2D eigenvalue weighted by atomic mass is 32.2. The van der Waals surface area contributed by atoms with Gasteiger partial charge in [-0.1, -0.05) is 18.6 Å². The monoisotopic (exact) mass is 485 g/mol. The number of rotatable bonds is 6. The van der Waals surface area contributed by atoms with Crippen LogP contribution < -0.4 is 10.5 Å². The van der Waals surface area contributed by atoms with Gasteiger partial charge in [0.1, 0.15) is 16.5 Å². The first-order valence-electron chi connectivity index (χ1n) is 11.8. The second-order valence-electron chi connectivity index (χ2n) is 9.20. The molecule has 2 aliphatic rings. The molecule has 33 heavy (non-hydrogen) atoms. The first-order valence-corrected chi connectivity index (χ1v) is 14.2. The number of primary sulfonamides is 1. The molecule has 3 N–H and O–H groups in total. The summed E-state index contributed by atoms with van der Waals surface area (Å²) in [6.45, 7) is 5.07. The molecule has 3 aromatic rings. The summed E-state index contributed by atoms with van der Waals surface area (Å²) >= 11 is 1.83. The zero-order valence-electron chi connectivity index (χ0n) is 19.0. The van der Waals surface area contributed by atoms with Gasteiger partial charge in [0.2, 0.25) is 10.0 Å². The maximum atomic E-state index is 11.6. The second kappa shape index (κ2) is 9.29. The molecule has 0 saturated carbocycles. The Kier molecular flexibility index (Phi) is 6.39. The van der Waals surface area contributed by atoms with Crippen molar-refractivity contribution in [1.29, 1.82) is 0 Å². The van der Waals surface area contributed by atoms with Gasteiger partial charge < -0.3 is 5.32 Å². The number of benzene rings is 1. The Hall–Kier alpha value is -2.07. The fourth-order valence-corrected chi connectivity index (χ4v) is 6.72. The van der Waals surface area contributed by atoms with Gasteiger partial charge in [0, 0.05) is 10.9 Å². The summed E-state index contributed by atoms with van der Waals surface area (Å²) in [6.07, 6.45) is 8.45. The van der Waals surface area contributed by atoms with Crippen molar-refractivity contribution in [3.05, 3.63) is 46.1 Å². The first-order chi connectivity index (χ1) is 15.9. The van der Waals surface area contributed by atoms with E-state index in [1.54, 1.807) is 12.1 Å². The van der Waals surface area contributed by atoms with Crippen molar-refractivity contribution in [2.24, 2.45) is 5.14 Å². The maximum absolute atomic E-state index is 11.6. The molecule has 0 spiro atoms. The molecule has 3 heterocycles. The highest BCUT2D eigenvalue weighted by Gasteiger charge is 2.23. The second-order valence-corrected chi connectivity index (χ2v) is 11.8. The van der Waals surface area contributed by atoms with E-state index in [1.165, 1.54) is 47.9 Å². The molecule has 0 unspecified atom stereocenters. The summed E-state index contributed by atoms with van der Waals surface area (Å²) in [4.78, 5) is 15.1. The van der Waals surface area contributed by atoms with Crippen LogP contribution in [0.1, 0.15) is 66.9 Å². The summed E-state index contributed by atoms with van der Waals surface area (Å²) in [5.74, 6) is 1.77. The van der Waals surface area contributed by atoms with E-state index in [9.17, 15) is 8.42 Å². The molecule has 1 atom stereocenters. The lowest BCUT2D eigenvalue weighted by Gasteiger charge is -2.26. The molecule has 7 nitrogen and oxygen atoms in total. The summed E-state index contributed by atoms with van der Waals surface area (Å²) in [6, 6.07) is 6.71. The lowest BCUT2D eigenvalue weighted by atomic mass is 9.97. The summed E-state index contributed by atoms with van der Waals surface area (Å²) in [7, 11) is -3.70. The van der Waals surface area contributed by atoms with E-state index in [-0.39, 0.29) is 10.9 Å². The minimum absolute atomic E-state index is 0.0420. The average molecular weight is 486 g/mol. The van der Waals surface area contributed by atoms with Crippen LogP contribution in [-0.4, -0.2) is 36.4 Å². The number of thiophene rings is 1.